The summed E-state index contributed by atoms with van der Waals surface area (Å²) >= 11 is 0. The van der Waals surface area contributed by atoms with Crippen LogP contribution < -0.4 is 10.6 Å². The number of rotatable bonds is 3. The molecule has 0 bridgehead atoms. The molecule has 4 heteroatoms. The molecule has 78 valence electrons. The SMILES string of the molecule is CN1CCNCC1CNc1ccc[nH]1. The monoisotopic (exact) mass is 194 g/mol. The molecular weight excluding hydrogens is 176 g/mol. The minimum atomic E-state index is 0.590. The maximum absolute atomic E-state index is 3.40. The Balaban J connectivity index is 1.79. The predicted octanol–water partition coefficient (Wildman–Crippen LogP) is 0.330. The fraction of sp³-hybridized carbons (Fsp3) is 0.600. The average molecular weight is 194 g/mol. The van der Waals surface area contributed by atoms with Crippen LogP contribution in [0.2, 0.25) is 0 Å². The Morgan fingerprint density at radius 1 is 1.64 bits per heavy atom. The molecule has 2 heterocycles. The zero-order valence-electron chi connectivity index (χ0n) is 8.59. The zero-order valence-corrected chi connectivity index (χ0v) is 8.59. The standard InChI is InChI=1S/C10H18N4/c1-14-6-5-11-7-9(14)8-13-10-3-2-4-12-10/h2-4,9,11-13H,5-8H2,1H3. The molecule has 1 saturated heterocycles. The molecule has 1 unspecified atom stereocenters. The van der Waals surface area contributed by atoms with Crippen LogP contribution in [-0.4, -0.2) is 49.2 Å². The highest BCUT2D eigenvalue weighted by atomic mass is 15.2. The van der Waals surface area contributed by atoms with Crippen LogP contribution in [0.5, 0.6) is 0 Å². The topological polar surface area (TPSA) is 43.1 Å². The molecule has 1 fully saturated rings. The van der Waals surface area contributed by atoms with Crippen LogP contribution in [0.25, 0.3) is 0 Å². The Kier molecular flexibility index (Phi) is 3.06. The number of H-pyrrole nitrogens is 1. The van der Waals surface area contributed by atoms with Crippen LogP contribution in [-0.2, 0) is 0 Å². The molecule has 1 aliphatic heterocycles. The number of anilines is 1. The quantitative estimate of drug-likeness (QED) is 0.649. The second kappa shape index (κ2) is 4.48. The second-order valence-electron chi connectivity index (χ2n) is 3.80. The van der Waals surface area contributed by atoms with E-state index in [2.05, 4.69) is 33.6 Å². The van der Waals surface area contributed by atoms with Crippen LogP contribution in [0.1, 0.15) is 0 Å². The first-order chi connectivity index (χ1) is 6.86. The van der Waals surface area contributed by atoms with Gasteiger partial charge in [-0.05, 0) is 19.2 Å². The number of aromatic amines is 1. The van der Waals surface area contributed by atoms with Crippen molar-refractivity contribution in [3.8, 4) is 0 Å². The van der Waals surface area contributed by atoms with Gasteiger partial charge in [-0.2, -0.15) is 0 Å². The molecule has 0 spiro atoms. The normalized spacial score (nSPS) is 23.6. The third kappa shape index (κ3) is 2.27. The first kappa shape index (κ1) is 9.55. The molecule has 3 N–H and O–H groups in total. The van der Waals surface area contributed by atoms with Gasteiger partial charge in [-0.15, -0.1) is 0 Å². The summed E-state index contributed by atoms with van der Waals surface area (Å²) in [6, 6.07) is 4.65. The smallest absolute Gasteiger partial charge is 0.103 e. The highest BCUT2D eigenvalue weighted by Crippen LogP contribution is 2.04. The minimum absolute atomic E-state index is 0.590. The van der Waals surface area contributed by atoms with Crippen molar-refractivity contribution in [2.24, 2.45) is 0 Å². The van der Waals surface area contributed by atoms with Gasteiger partial charge in [0.25, 0.3) is 0 Å². The molecule has 14 heavy (non-hydrogen) atoms. The highest BCUT2D eigenvalue weighted by molar-refractivity contribution is 5.34. The lowest BCUT2D eigenvalue weighted by Gasteiger charge is -2.33. The Bertz CT molecular complexity index is 257. The molecule has 1 aromatic rings. The number of aromatic nitrogens is 1. The molecule has 0 aromatic carbocycles. The van der Waals surface area contributed by atoms with Gasteiger partial charge in [0.2, 0.25) is 0 Å². The molecule has 0 aliphatic carbocycles. The van der Waals surface area contributed by atoms with E-state index < -0.39 is 0 Å². The van der Waals surface area contributed by atoms with E-state index in [-0.39, 0.29) is 0 Å². The molecule has 0 radical (unpaired) electrons. The third-order valence-corrected chi connectivity index (χ3v) is 2.77. The number of piperazine rings is 1. The van der Waals surface area contributed by atoms with Gasteiger partial charge in [-0.25, -0.2) is 0 Å². The van der Waals surface area contributed by atoms with Crippen molar-refractivity contribution < 1.29 is 0 Å². The van der Waals surface area contributed by atoms with Crippen molar-refractivity contribution in [2.45, 2.75) is 6.04 Å². The number of likely N-dealkylation sites (N-methyl/N-ethyl adjacent to an activating group) is 1. The first-order valence-corrected chi connectivity index (χ1v) is 5.14. The van der Waals surface area contributed by atoms with Gasteiger partial charge in [-0.1, -0.05) is 0 Å². The third-order valence-electron chi connectivity index (χ3n) is 2.77. The lowest BCUT2D eigenvalue weighted by Crippen LogP contribution is -2.52. The zero-order chi connectivity index (χ0) is 9.80. The summed E-state index contributed by atoms with van der Waals surface area (Å²) in [5.41, 5.74) is 0. The van der Waals surface area contributed by atoms with Gasteiger partial charge in [-0.3, -0.25) is 4.90 Å². The van der Waals surface area contributed by atoms with Crippen LogP contribution >= 0.6 is 0 Å². The van der Waals surface area contributed by atoms with Crippen molar-refractivity contribution in [1.82, 2.24) is 15.2 Å². The van der Waals surface area contributed by atoms with Gasteiger partial charge in [0.15, 0.2) is 0 Å². The van der Waals surface area contributed by atoms with Gasteiger partial charge >= 0.3 is 0 Å². The van der Waals surface area contributed by atoms with E-state index in [1.807, 2.05) is 12.3 Å². The van der Waals surface area contributed by atoms with Gasteiger partial charge in [0, 0.05) is 38.4 Å². The number of nitrogens with zero attached hydrogens (tertiary/aromatic N) is 1. The van der Waals surface area contributed by atoms with E-state index in [0.717, 1.165) is 32.0 Å². The molecular formula is C10H18N4. The van der Waals surface area contributed by atoms with Gasteiger partial charge < -0.3 is 15.6 Å². The van der Waals surface area contributed by atoms with Crippen LogP contribution in [0.15, 0.2) is 18.3 Å². The Labute approximate surface area is 84.7 Å². The van der Waals surface area contributed by atoms with Crippen molar-refractivity contribution in [3.63, 3.8) is 0 Å². The maximum Gasteiger partial charge on any atom is 0.103 e. The lowest BCUT2D eigenvalue weighted by molar-refractivity contribution is 0.209. The van der Waals surface area contributed by atoms with E-state index in [0.29, 0.717) is 6.04 Å². The number of hydrogen-bond donors (Lipinski definition) is 3. The Morgan fingerprint density at radius 2 is 2.57 bits per heavy atom. The molecule has 1 atom stereocenters. The second-order valence-corrected chi connectivity index (χ2v) is 3.80. The molecule has 0 amide bonds. The summed E-state index contributed by atoms with van der Waals surface area (Å²) in [7, 11) is 2.18. The Hall–Kier alpha value is -1.00. The van der Waals surface area contributed by atoms with E-state index >= 15 is 0 Å². The van der Waals surface area contributed by atoms with Gasteiger partial charge in [0.05, 0.1) is 0 Å². The van der Waals surface area contributed by atoms with Crippen LogP contribution in [0.3, 0.4) is 0 Å². The fourth-order valence-corrected chi connectivity index (χ4v) is 1.76. The van der Waals surface area contributed by atoms with Crippen molar-refractivity contribution in [3.05, 3.63) is 18.3 Å². The van der Waals surface area contributed by atoms with E-state index in [4.69, 9.17) is 0 Å². The van der Waals surface area contributed by atoms with E-state index in [9.17, 15) is 0 Å². The summed E-state index contributed by atoms with van der Waals surface area (Å²) in [6.07, 6.45) is 1.94. The van der Waals surface area contributed by atoms with Crippen molar-refractivity contribution >= 4 is 5.82 Å². The van der Waals surface area contributed by atoms with E-state index in [1.54, 1.807) is 0 Å². The summed E-state index contributed by atoms with van der Waals surface area (Å²) in [4.78, 5) is 5.54. The molecule has 0 saturated carbocycles. The highest BCUT2D eigenvalue weighted by Gasteiger charge is 2.17. The van der Waals surface area contributed by atoms with Crippen LogP contribution in [0, 0.1) is 0 Å². The van der Waals surface area contributed by atoms with Gasteiger partial charge in [0.1, 0.15) is 5.82 Å². The summed E-state index contributed by atoms with van der Waals surface area (Å²) in [5.74, 6) is 1.10. The van der Waals surface area contributed by atoms with Crippen molar-refractivity contribution in [2.75, 3.05) is 38.5 Å². The number of nitrogens with one attached hydrogen (secondary N) is 3. The fourth-order valence-electron chi connectivity index (χ4n) is 1.76. The van der Waals surface area contributed by atoms with Crippen LogP contribution in [0.4, 0.5) is 5.82 Å². The molecule has 1 aliphatic rings. The predicted molar refractivity (Wildman–Crippen MR) is 58.6 cm³/mol. The summed E-state index contributed by atoms with van der Waals surface area (Å²) in [6.45, 7) is 4.31. The first-order valence-electron chi connectivity index (χ1n) is 5.14. The van der Waals surface area contributed by atoms with E-state index in [1.165, 1.54) is 0 Å². The summed E-state index contributed by atoms with van der Waals surface area (Å²) in [5, 5.41) is 6.79. The maximum atomic E-state index is 3.40. The summed E-state index contributed by atoms with van der Waals surface area (Å²) < 4.78 is 0. The Morgan fingerprint density at radius 3 is 3.29 bits per heavy atom. The minimum Gasteiger partial charge on any atom is -0.370 e. The largest absolute Gasteiger partial charge is 0.370 e. The lowest BCUT2D eigenvalue weighted by atomic mass is 10.2. The number of hydrogen-bond acceptors (Lipinski definition) is 3. The molecule has 2 rings (SSSR count). The van der Waals surface area contributed by atoms with Crippen molar-refractivity contribution in [1.29, 1.82) is 0 Å². The molecule has 4 nitrogen and oxygen atoms in total. The average Bonchev–Trinajstić information content (AvgIpc) is 2.69. The molecule has 1 aromatic heterocycles.